The van der Waals surface area contributed by atoms with Crippen LogP contribution in [0, 0.1) is 5.92 Å². The molecule has 0 amide bonds. The van der Waals surface area contributed by atoms with Crippen molar-refractivity contribution in [1.29, 1.82) is 0 Å². The number of esters is 1. The number of alkyl halides is 1. The molecular weight excluding hydrogens is 151 g/mol. The molecule has 1 aliphatic heterocycles. The van der Waals surface area contributed by atoms with Gasteiger partial charge in [-0.1, -0.05) is 0 Å². The number of carbonyl (C=O) groups excluding carboxylic acids is 1. The fraction of sp³-hybridized carbons (Fsp3) is 0.857. The van der Waals surface area contributed by atoms with Gasteiger partial charge in [-0.05, 0) is 12.8 Å². The highest BCUT2D eigenvalue weighted by molar-refractivity contribution is 5.83. The van der Waals surface area contributed by atoms with Gasteiger partial charge in [-0.2, -0.15) is 0 Å². The number of carbonyl (C=O) groups is 1. The van der Waals surface area contributed by atoms with Gasteiger partial charge in [0.1, 0.15) is 6.10 Å². The van der Waals surface area contributed by atoms with E-state index in [4.69, 9.17) is 5.11 Å². The van der Waals surface area contributed by atoms with Gasteiger partial charge in [0.25, 0.3) is 0 Å². The fourth-order valence-corrected chi connectivity index (χ4v) is 1.78. The summed E-state index contributed by atoms with van der Waals surface area (Å²) < 4.78 is 18.0. The van der Waals surface area contributed by atoms with E-state index in [0.29, 0.717) is 6.42 Å². The van der Waals surface area contributed by atoms with E-state index in [-0.39, 0.29) is 18.9 Å². The van der Waals surface area contributed by atoms with Gasteiger partial charge >= 0.3 is 5.97 Å². The van der Waals surface area contributed by atoms with Crippen LogP contribution < -0.4 is 0 Å². The molecule has 1 aliphatic carbocycles. The number of fused-ring (bicyclic) bond motifs is 1. The van der Waals surface area contributed by atoms with Gasteiger partial charge < -0.3 is 9.84 Å². The minimum Gasteiger partial charge on any atom is -0.457 e. The highest BCUT2D eigenvalue weighted by Gasteiger charge is 2.64. The van der Waals surface area contributed by atoms with Crippen molar-refractivity contribution in [2.75, 3.05) is 6.61 Å². The first-order chi connectivity index (χ1) is 5.18. The van der Waals surface area contributed by atoms with Crippen LogP contribution in [0.4, 0.5) is 4.39 Å². The van der Waals surface area contributed by atoms with Crippen LogP contribution in [0.3, 0.4) is 0 Å². The number of aliphatic hydroxyl groups excluding tert-OH is 1. The van der Waals surface area contributed by atoms with Gasteiger partial charge in [-0.3, -0.25) is 0 Å². The average Bonchev–Trinajstić information content (AvgIpc) is 2.12. The van der Waals surface area contributed by atoms with Crippen LogP contribution in [0.25, 0.3) is 0 Å². The Balaban J connectivity index is 2.20. The topological polar surface area (TPSA) is 46.5 Å². The Morgan fingerprint density at radius 2 is 2.55 bits per heavy atom. The third-order valence-electron chi connectivity index (χ3n) is 2.63. The Morgan fingerprint density at radius 3 is 2.82 bits per heavy atom. The molecule has 0 aromatic carbocycles. The largest absolute Gasteiger partial charge is 0.457 e. The number of rotatable bonds is 1. The van der Waals surface area contributed by atoms with Crippen LogP contribution in [0.1, 0.15) is 12.8 Å². The van der Waals surface area contributed by atoms with Crippen molar-refractivity contribution in [3.8, 4) is 0 Å². The van der Waals surface area contributed by atoms with Crippen molar-refractivity contribution < 1.29 is 19.0 Å². The van der Waals surface area contributed by atoms with Crippen LogP contribution in [-0.2, 0) is 9.53 Å². The second-order valence-electron chi connectivity index (χ2n) is 3.13. The standard InChI is InChI=1S/C7H9FO3/c8-7-2-1-4(7)5(3-9)11-6(7)10/h4-5,9H,1-3H2/t4-,5-,7+/m1/s1. The molecule has 1 saturated heterocycles. The van der Waals surface area contributed by atoms with Crippen molar-refractivity contribution in [1.82, 2.24) is 0 Å². The Hall–Kier alpha value is -0.640. The number of hydrogen-bond acceptors (Lipinski definition) is 3. The van der Waals surface area contributed by atoms with E-state index in [1.165, 1.54) is 0 Å². The van der Waals surface area contributed by atoms with Gasteiger partial charge in [0.05, 0.1) is 6.61 Å². The first-order valence-electron chi connectivity index (χ1n) is 3.69. The maximum Gasteiger partial charge on any atom is 0.344 e. The van der Waals surface area contributed by atoms with Crippen molar-refractivity contribution in [2.24, 2.45) is 5.92 Å². The number of cyclic esters (lactones) is 1. The van der Waals surface area contributed by atoms with E-state index in [9.17, 15) is 9.18 Å². The Morgan fingerprint density at radius 1 is 1.82 bits per heavy atom. The quantitative estimate of drug-likeness (QED) is 0.550. The maximum absolute atomic E-state index is 13.3. The summed E-state index contributed by atoms with van der Waals surface area (Å²) >= 11 is 0. The summed E-state index contributed by atoms with van der Waals surface area (Å²) in [6.45, 7) is -0.262. The predicted molar refractivity (Wildman–Crippen MR) is 33.5 cm³/mol. The summed E-state index contributed by atoms with van der Waals surface area (Å²) in [6.07, 6.45) is 0.307. The molecule has 2 fully saturated rings. The smallest absolute Gasteiger partial charge is 0.344 e. The molecule has 1 N–H and O–H groups in total. The zero-order valence-corrected chi connectivity index (χ0v) is 5.92. The Labute approximate surface area is 63.2 Å². The highest BCUT2D eigenvalue weighted by atomic mass is 19.1. The monoisotopic (exact) mass is 160 g/mol. The Kier molecular flexibility index (Phi) is 1.24. The van der Waals surface area contributed by atoms with Crippen molar-refractivity contribution in [3.05, 3.63) is 0 Å². The lowest BCUT2D eigenvalue weighted by molar-refractivity contribution is -0.152. The van der Waals surface area contributed by atoms with Crippen molar-refractivity contribution in [2.45, 2.75) is 24.6 Å². The first kappa shape index (κ1) is 7.03. The minimum absolute atomic E-state index is 0.257. The second kappa shape index (κ2) is 1.94. The molecule has 0 aromatic rings. The van der Waals surface area contributed by atoms with Crippen molar-refractivity contribution >= 4 is 5.97 Å². The molecule has 0 aromatic heterocycles. The van der Waals surface area contributed by atoms with E-state index in [1.807, 2.05) is 0 Å². The normalized spacial score (nSPS) is 48.0. The van der Waals surface area contributed by atoms with E-state index >= 15 is 0 Å². The molecule has 0 bridgehead atoms. The average molecular weight is 160 g/mol. The molecule has 62 valence electrons. The van der Waals surface area contributed by atoms with Gasteiger partial charge in [-0.15, -0.1) is 0 Å². The third kappa shape index (κ3) is 0.677. The summed E-state index contributed by atoms with van der Waals surface area (Å²) in [6, 6.07) is 0. The lowest BCUT2D eigenvalue weighted by Gasteiger charge is -2.34. The molecule has 4 heteroatoms. The van der Waals surface area contributed by atoms with Crippen LogP contribution in [0.5, 0.6) is 0 Å². The molecule has 3 atom stereocenters. The first-order valence-corrected chi connectivity index (χ1v) is 3.69. The molecule has 0 radical (unpaired) electrons. The van der Waals surface area contributed by atoms with Gasteiger partial charge in [0.15, 0.2) is 0 Å². The lowest BCUT2D eigenvalue weighted by Crippen LogP contribution is -2.47. The molecule has 3 nitrogen and oxygen atoms in total. The molecule has 0 unspecified atom stereocenters. The Bertz CT molecular complexity index is 206. The number of ether oxygens (including phenoxy) is 1. The summed E-state index contributed by atoms with van der Waals surface area (Å²) in [5.41, 5.74) is -1.76. The SMILES string of the molecule is O=C1O[C@H](CO)[C@H]2CC[C@@]12F. The van der Waals surface area contributed by atoms with Crippen LogP contribution in [0.2, 0.25) is 0 Å². The van der Waals surface area contributed by atoms with E-state index in [2.05, 4.69) is 4.74 Å². The van der Waals surface area contributed by atoms with Crippen molar-refractivity contribution in [3.63, 3.8) is 0 Å². The number of hydrogen-bond donors (Lipinski definition) is 1. The molecule has 2 aliphatic rings. The minimum atomic E-state index is -1.76. The number of aliphatic hydroxyl groups is 1. The van der Waals surface area contributed by atoms with E-state index < -0.39 is 17.7 Å². The van der Waals surface area contributed by atoms with Gasteiger partial charge in [0, 0.05) is 5.92 Å². The van der Waals surface area contributed by atoms with Gasteiger partial charge in [-0.25, -0.2) is 9.18 Å². The summed E-state index contributed by atoms with van der Waals surface area (Å²) in [5.74, 6) is -1.17. The maximum atomic E-state index is 13.3. The molecular formula is C7H9FO3. The lowest BCUT2D eigenvalue weighted by atomic mass is 9.70. The number of halogens is 1. The van der Waals surface area contributed by atoms with Gasteiger partial charge in [0.2, 0.25) is 5.67 Å². The molecule has 0 spiro atoms. The zero-order chi connectivity index (χ0) is 8.06. The summed E-state index contributed by atoms with van der Waals surface area (Å²) in [7, 11) is 0. The third-order valence-corrected chi connectivity index (χ3v) is 2.63. The fourth-order valence-electron chi connectivity index (χ4n) is 1.78. The second-order valence-corrected chi connectivity index (χ2v) is 3.13. The highest BCUT2D eigenvalue weighted by Crippen LogP contribution is 2.50. The van der Waals surface area contributed by atoms with Crippen LogP contribution >= 0.6 is 0 Å². The van der Waals surface area contributed by atoms with Crippen LogP contribution in [0.15, 0.2) is 0 Å². The predicted octanol–water partition coefficient (Wildman–Crippen LogP) is 0.0224. The van der Waals surface area contributed by atoms with E-state index in [1.54, 1.807) is 0 Å². The zero-order valence-electron chi connectivity index (χ0n) is 5.92. The molecule has 11 heavy (non-hydrogen) atoms. The van der Waals surface area contributed by atoms with Crippen LogP contribution in [-0.4, -0.2) is 29.5 Å². The molecule has 1 heterocycles. The van der Waals surface area contributed by atoms with E-state index in [0.717, 1.165) is 0 Å². The molecule has 2 rings (SSSR count). The summed E-state index contributed by atoms with van der Waals surface area (Å²) in [5, 5.41) is 8.68. The molecule has 1 saturated carbocycles. The summed E-state index contributed by atoms with van der Waals surface area (Å²) in [4.78, 5) is 10.8.